The highest BCUT2D eigenvalue weighted by atomic mass is 35.5. The average Bonchev–Trinajstić information content (AvgIpc) is 2.75. The van der Waals surface area contributed by atoms with Crippen LogP contribution in [0.2, 0.25) is 5.02 Å². The van der Waals surface area contributed by atoms with Gasteiger partial charge in [-0.3, -0.25) is 0 Å². The minimum Gasteiger partial charge on any atom is -0.487 e. The van der Waals surface area contributed by atoms with Crippen LogP contribution in [0.15, 0.2) is 22.7 Å². The topological polar surface area (TPSA) is 47.3 Å². The lowest BCUT2D eigenvalue weighted by Gasteiger charge is -2.15. The molecule has 0 atom stereocenters. The molecule has 0 aliphatic heterocycles. The maximum atomic E-state index is 6.27. The molecule has 1 heterocycles. The summed E-state index contributed by atoms with van der Waals surface area (Å²) < 4.78 is 11.1. The number of halogens is 1. The predicted molar refractivity (Wildman–Crippen MR) is 83.7 cm³/mol. The van der Waals surface area contributed by atoms with Crippen LogP contribution in [0, 0.1) is 13.8 Å². The van der Waals surface area contributed by atoms with Crippen molar-refractivity contribution in [1.82, 2.24) is 10.5 Å². The van der Waals surface area contributed by atoms with Gasteiger partial charge in [0.05, 0.1) is 16.3 Å². The minimum atomic E-state index is 0.402. The Balaban J connectivity index is 2.15. The molecule has 0 bridgehead atoms. The number of nitrogens with one attached hydrogen (secondary N) is 1. The van der Waals surface area contributed by atoms with Crippen molar-refractivity contribution in [3.8, 4) is 5.75 Å². The summed E-state index contributed by atoms with van der Waals surface area (Å²) in [5.41, 5.74) is 2.86. The molecule has 0 radical (unpaired) electrons. The standard InChI is InChI=1S/C16H21ClN2O2/c1-10(2)18-8-13-6-5-7-15(17)16(13)20-9-14-11(3)19-21-12(14)4/h5-7,10,18H,8-9H2,1-4H3. The van der Waals surface area contributed by atoms with Crippen molar-refractivity contribution < 1.29 is 9.26 Å². The Labute approximate surface area is 130 Å². The molecule has 21 heavy (non-hydrogen) atoms. The number of rotatable bonds is 6. The van der Waals surface area contributed by atoms with Crippen molar-refractivity contribution in [3.05, 3.63) is 45.8 Å². The lowest BCUT2D eigenvalue weighted by atomic mass is 10.2. The first-order valence-electron chi connectivity index (χ1n) is 7.04. The monoisotopic (exact) mass is 308 g/mol. The summed E-state index contributed by atoms with van der Waals surface area (Å²) in [6, 6.07) is 6.19. The molecule has 1 N–H and O–H groups in total. The molecule has 1 aromatic heterocycles. The van der Waals surface area contributed by atoms with Gasteiger partial charge in [-0.1, -0.05) is 42.7 Å². The van der Waals surface area contributed by atoms with Crippen molar-refractivity contribution in [2.45, 2.75) is 46.9 Å². The van der Waals surface area contributed by atoms with Crippen molar-refractivity contribution in [2.24, 2.45) is 0 Å². The predicted octanol–water partition coefficient (Wildman–Crippen LogP) is 4.02. The zero-order valence-corrected chi connectivity index (χ0v) is 13.6. The van der Waals surface area contributed by atoms with Gasteiger partial charge in [0.25, 0.3) is 0 Å². The Morgan fingerprint density at radius 3 is 2.71 bits per heavy atom. The molecule has 2 rings (SSSR count). The Bertz CT molecular complexity index is 589. The SMILES string of the molecule is Cc1noc(C)c1COc1c(Cl)cccc1CNC(C)C. The summed E-state index contributed by atoms with van der Waals surface area (Å²) in [5.74, 6) is 1.49. The van der Waals surface area contributed by atoms with E-state index < -0.39 is 0 Å². The highest BCUT2D eigenvalue weighted by molar-refractivity contribution is 6.32. The fraction of sp³-hybridized carbons (Fsp3) is 0.438. The third-order valence-electron chi connectivity index (χ3n) is 3.29. The van der Waals surface area contributed by atoms with E-state index in [1.807, 2.05) is 32.0 Å². The first-order chi connectivity index (χ1) is 9.99. The van der Waals surface area contributed by atoms with Gasteiger partial charge in [0.2, 0.25) is 0 Å². The van der Waals surface area contributed by atoms with E-state index in [4.69, 9.17) is 20.9 Å². The minimum absolute atomic E-state index is 0.402. The first-order valence-corrected chi connectivity index (χ1v) is 7.42. The Morgan fingerprint density at radius 2 is 2.10 bits per heavy atom. The van der Waals surface area contributed by atoms with E-state index in [-0.39, 0.29) is 0 Å². The first kappa shape index (κ1) is 15.9. The number of hydrogen-bond donors (Lipinski definition) is 1. The van der Waals surface area contributed by atoms with Crippen LogP contribution in [-0.2, 0) is 13.2 Å². The third kappa shape index (κ3) is 3.99. The summed E-state index contributed by atoms with van der Waals surface area (Å²) in [5, 5.41) is 7.92. The summed E-state index contributed by atoms with van der Waals surface area (Å²) in [6.45, 7) is 9.12. The van der Waals surface area contributed by atoms with E-state index >= 15 is 0 Å². The number of hydrogen-bond acceptors (Lipinski definition) is 4. The zero-order valence-electron chi connectivity index (χ0n) is 12.9. The van der Waals surface area contributed by atoms with Crippen molar-refractivity contribution in [3.63, 3.8) is 0 Å². The third-order valence-corrected chi connectivity index (χ3v) is 3.59. The molecule has 2 aromatic rings. The van der Waals surface area contributed by atoms with Gasteiger partial charge in [0, 0.05) is 18.2 Å². The van der Waals surface area contributed by atoms with Crippen LogP contribution in [0.3, 0.4) is 0 Å². The van der Waals surface area contributed by atoms with Crippen LogP contribution in [0.4, 0.5) is 0 Å². The highest BCUT2D eigenvalue weighted by Crippen LogP contribution is 2.30. The summed E-state index contributed by atoms with van der Waals surface area (Å²) >= 11 is 6.27. The van der Waals surface area contributed by atoms with Crippen molar-refractivity contribution in [1.29, 1.82) is 0 Å². The molecule has 0 fully saturated rings. The average molecular weight is 309 g/mol. The molecule has 4 nitrogen and oxygen atoms in total. The Morgan fingerprint density at radius 1 is 1.33 bits per heavy atom. The highest BCUT2D eigenvalue weighted by Gasteiger charge is 2.13. The number of aryl methyl sites for hydroxylation is 2. The molecular formula is C16H21ClN2O2. The van der Waals surface area contributed by atoms with E-state index in [1.54, 1.807) is 0 Å². The van der Waals surface area contributed by atoms with Gasteiger partial charge in [-0.25, -0.2) is 0 Å². The fourth-order valence-electron chi connectivity index (χ4n) is 2.02. The second-order valence-electron chi connectivity index (χ2n) is 5.36. The van der Waals surface area contributed by atoms with E-state index in [0.29, 0.717) is 23.4 Å². The second-order valence-corrected chi connectivity index (χ2v) is 5.76. The number of benzene rings is 1. The van der Waals surface area contributed by atoms with Crippen LogP contribution in [-0.4, -0.2) is 11.2 Å². The largest absolute Gasteiger partial charge is 0.487 e. The molecular weight excluding hydrogens is 288 g/mol. The maximum Gasteiger partial charge on any atom is 0.142 e. The van der Waals surface area contributed by atoms with E-state index in [2.05, 4.69) is 24.3 Å². The molecule has 0 spiro atoms. The van der Waals surface area contributed by atoms with Crippen LogP contribution in [0.25, 0.3) is 0 Å². The summed E-state index contributed by atoms with van der Waals surface area (Å²) in [4.78, 5) is 0. The van der Waals surface area contributed by atoms with Gasteiger partial charge < -0.3 is 14.6 Å². The van der Waals surface area contributed by atoms with Crippen molar-refractivity contribution >= 4 is 11.6 Å². The number of ether oxygens (including phenoxy) is 1. The van der Waals surface area contributed by atoms with Crippen LogP contribution in [0.5, 0.6) is 5.75 Å². The Hall–Kier alpha value is -1.52. The molecule has 0 aliphatic carbocycles. The fourth-order valence-corrected chi connectivity index (χ4v) is 2.27. The number of aromatic nitrogens is 1. The molecule has 0 saturated heterocycles. The van der Waals surface area contributed by atoms with Gasteiger partial charge in [0.1, 0.15) is 18.1 Å². The van der Waals surface area contributed by atoms with Crippen molar-refractivity contribution in [2.75, 3.05) is 0 Å². The zero-order chi connectivity index (χ0) is 15.4. The van der Waals surface area contributed by atoms with Gasteiger partial charge in [-0.2, -0.15) is 0 Å². The number of nitrogens with zero attached hydrogens (tertiary/aromatic N) is 1. The van der Waals surface area contributed by atoms with E-state index in [1.165, 1.54) is 0 Å². The Kier molecular flexibility index (Phi) is 5.26. The summed E-state index contributed by atoms with van der Waals surface area (Å²) in [6.07, 6.45) is 0. The molecule has 5 heteroatoms. The van der Waals surface area contributed by atoms with Gasteiger partial charge >= 0.3 is 0 Å². The molecule has 0 unspecified atom stereocenters. The molecule has 1 aromatic carbocycles. The van der Waals surface area contributed by atoms with Crippen LogP contribution >= 0.6 is 11.6 Å². The lowest BCUT2D eigenvalue weighted by Crippen LogP contribution is -2.22. The quantitative estimate of drug-likeness (QED) is 0.875. The maximum absolute atomic E-state index is 6.27. The van der Waals surface area contributed by atoms with Gasteiger partial charge in [0.15, 0.2) is 0 Å². The van der Waals surface area contributed by atoms with Gasteiger partial charge in [-0.15, -0.1) is 0 Å². The molecule has 0 saturated carbocycles. The lowest BCUT2D eigenvalue weighted by molar-refractivity contribution is 0.297. The smallest absolute Gasteiger partial charge is 0.142 e. The van der Waals surface area contributed by atoms with Crippen LogP contribution < -0.4 is 10.1 Å². The molecule has 114 valence electrons. The normalized spacial score (nSPS) is 11.1. The summed E-state index contributed by atoms with van der Waals surface area (Å²) in [7, 11) is 0. The van der Waals surface area contributed by atoms with E-state index in [0.717, 1.165) is 29.1 Å². The van der Waals surface area contributed by atoms with Crippen LogP contribution in [0.1, 0.15) is 36.4 Å². The number of para-hydroxylation sites is 1. The molecule has 0 amide bonds. The van der Waals surface area contributed by atoms with Gasteiger partial charge in [-0.05, 0) is 19.9 Å². The second kappa shape index (κ2) is 6.96. The van der Waals surface area contributed by atoms with E-state index in [9.17, 15) is 0 Å². The molecule has 0 aliphatic rings.